The number of para-hydroxylation sites is 2. The lowest BCUT2D eigenvalue weighted by Crippen LogP contribution is -2.06. The van der Waals surface area contributed by atoms with Crippen LogP contribution in [0.2, 0.25) is 0 Å². The molecule has 5 rings (SSSR count). The summed E-state index contributed by atoms with van der Waals surface area (Å²) in [6.45, 7) is 0.231. The van der Waals surface area contributed by atoms with Gasteiger partial charge in [-0.15, -0.1) is 10.2 Å². The number of fused-ring (bicyclic) bond motifs is 1. The van der Waals surface area contributed by atoms with Crippen LogP contribution in [0.1, 0.15) is 5.82 Å². The van der Waals surface area contributed by atoms with E-state index in [0.717, 1.165) is 16.3 Å². The van der Waals surface area contributed by atoms with Crippen molar-refractivity contribution in [1.29, 1.82) is 0 Å². The number of ether oxygens (including phenoxy) is 1. The molecule has 2 aromatic heterocycles. The van der Waals surface area contributed by atoms with Gasteiger partial charge in [0.2, 0.25) is 5.16 Å². The Balaban J connectivity index is 1.54. The Morgan fingerprint density at radius 3 is 2.42 bits per heavy atom. The monoisotopic (exact) mass is 455 g/mol. The number of nitro groups is 1. The molecule has 0 bridgehead atoms. The van der Waals surface area contributed by atoms with Crippen LogP contribution in [0.25, 0.3) is 16.6 Å². The zero-order valence-corrected chi connectivity index (χ0v) is 18.1. The molecule has 0 saturated carbocycles. The van der Waals surface area contributed by atoms with Crippen molar-refractivity contribution in [3.8, 4) is 11.4 Å². The van der Waals surface area contributed by atoms with Crippen LogP contribution < -0.4 is 4.74 Å². The van der Waals surface area contributed by atoms with Crippen molar-refractivity contribution in [1.82, 2.24) is 19.7 Å². The zero-order chi connectivity index (χ0) is 22.6. The van der Waals surface area contributed by atoms with E-state index in [2.05, 4.69) is 15.2 Å². The molecule has 0 radical (unpaired) electrons. The first-order valence-electron chi connectivity index (χ1n) is 10.1. The van der Waals surface area contributed by atoms with Gasteiger partial charge >= 0.3 is 0 Å². The summed E-state index contributed by atoms with van der Waals surface area (Å²) >= 11 is 1.37. The van der Waals surface area contributed by atoms with Crippen molar-refractivity contribution >= 4 is 28.4 Å². The average Bonchev–Trinajstić information content (AvgIpc) is 3.26. The smallest absolute Gasteiger partial charge is 0.295 e. The van der Waals surface area contributed by atoms with E-state index in [1.807, 2.05) is 71.3 Å². The van der Waals surface area contributed by atoms with Gasteiger partial charge in [-0.05, 0) is 54.2 Å². The second kappa shape index (κ2) is 9.09. The maximum absolute atomic E-state index is 11.4. The lowest BCUT2D eigenvalue weighted by molar-refractivity contribution is -0.383. The number of nitrogens with zero attached hydrogens (tertiary/aromatic N) is 5. The minimum Gasteiger partial charge on any atom is -0.486 e. The van der Waals surface area contributed by atoms with E-state index in [1.54, 1.807) is 18.3 Å². The topological polar surface area (TPSA) is 96.0 Å². The lowest BCUT2D eigenvalue weighted by atomic mass is 10.2. The summed E-state index contributed by atoms with van der Waals surface area (Å²) in [6, 6.07) is 26.0. The number of rotatable bonds is 7. The van der Waals surface area contributed by atoms with Crippen molar-refractivity contribution in [3.63, 3.8) is 0 Å². The standard InChI is InChI=1S/C24H17N5O3S/c30-29(31)20-13-14-21(19-12-7-15-25-23(19)20)33-24-27-26-22(16-32-18-10-5-2-6-11-18)28(24)17-8-3-1-4-9-17/h1-15H,16H2. The van der Waals surface area contributed by atoms with Gasteiger partial charge in [-0.1, -0.05) is 36.4 Å². The van der Waals surface area contributed by atoms with E-state index >= 15 is 0 Å². The van der Waals surface area contributed by atoms with Crippen LogP contribution in [0.4, 0.5) is 5.69 Å². The van der Waals surface area contributed by atoms with Crippen LogP contribution in [0.5, 0.6) is 5.75 Å². The molecular weight excluding hydrogens is 438 g/mol. The van der Waals surface area contributed by atoms with Crippen LogP contribution in [0.3, 0.4) is 0 Å². The molecule has 0 amide bonds. The third kappa shape index (κ3) is 4.26. The molecule has 9 heteroatoms. The molecule has 0 N–H and O–H groups in total. The molecule has 0 aliphatic rings. The van der Waals surface area contributed by atoms with E-state index in [0.29, 0.717) is 21.9 Å². The first kappa shape index (κ1) is 20.7. The summed E-state index contributed by atoms with van der Waals surface area (Å²) in [5.74, 6) is 1.37. The highest BCUT2D eigenvalue weighted by Gasteiger charge is 2.20. The summed E-state index contributed by atoms with van der Waals surface area (Å²) in [5, 5.41) is 21.5. The Morgan fingerprint density at radius 2 is 1.67 bits per heavy atom. The molecule has 0 aliphatic carbocycles. The van der Waals surface area contributed by atoms with Gasteiger partial charge in [-0.25, -0.2) is 4.98 Å². The van der Waals surface area contributed by atoms with Gasteiger partial charge in [0.15, 0.2) is 5.82 Å². The van der Waals surface area contributed by atoms with Gasteiger partial charge in [0.25, 0.3) is 5.69 Å². The summed E-state index contributed by atoms with van der Waals surface area (Å²) in [5.41, 5.74) is 1.20. The second-order valence-electron chi connectivity index (χ2n) is 7.01. The SMILES string of the molecule is O=[N+]([O-])c1ccc(Sc2nnc(COc3ccccc3)n2-c2ccccc2)c2cccnc12. The Labute approximate surface area is 193 Å². The minimum atomic E-state index is -0.421. The highest BCUT2D eigenvalue weighted by atomic mass is 32.2. The van der Waals surface area contributed by atoms with E-state index in [9.17, 15) is 10.1 Å². The number of aromatic nitrogens is 4. The highest BCUT2D eigenvalue weighted by molar-refractivity contribution is 7.99. The zero-order valence-electron chi connectivity index (χ0n) is 17.2. The molecule has 33 heavy (non-hydrogen) atoms. The minimum absolute atomic E-state index is 0.0311. The van der Waals surface area contributed by atoms with Crippen molar-refractivity contribution in [3.05, 3.63) is 107 Å². The quantitative estimate of drug-likeness (QED) is 0.238. The van der Waals surface area contributed by atoms with Gasteiger partial charge < -0.3 is 4.74 Å². The molecular formula is C24H17N5O3S. The largest absolute Gasteiger partial charge is 0.486 e. The Kier molecular flexibility index (Phi) is 5.69. The number of benzene rings is 3. The van der Waals surface area contributed by atoms with Gasteiger partial charge in [0.1, 0.15) is 17.9 Å². The van der Waals surface area contributed by atoms with Crippen LogP contribution in [0, 0.1) is 10.1 Å². The predicted octanol–water partition coefficient (Wildman–Crippen LogP) is 5.45. The van der Waals surface area contributed by atoms with Crippen molar-refractivity contribution in [2.75, 3.05) is 0 Å². The molecule has 2 heterocycles. The van der Waals surface area contributed by atoms with Gasteiger partial charge in [0.05, 0.1) is 4.92 Å². The molecule has 0 unspecified atom stereocenters. The Morgan fingerprint density at radius 1 is 0.909 bits per heavy atom. The number of nitro benzene ring substituents is 1. The first-order valence-corrected chi connectivity index (χ1v) is 10.9. The van der Waals surface area contributed by atoms with Gasteiger partial charge in [-0.3, -0.25) is 14.7 Å². The van der Waals surface area contributed by atoms with Gasteiger partial charge in [0, 0.05) is 28.2 Å². The highest BCUT2D eigenvalue weighted by Crippen LogP contribution is 2.36. The molecule has 0 atom stereocenters. The number of non-ortho nitro benzene ring substituents is 1. The van der Waals surface area contributed by atoms with E-state index < -0.39 is 4.92 Å². The molecule has 0 aliphatic heterocycles. The molecule has 5 aromatic rings. The third-order valence-electron chi connectivity index (χ3n) is 4.93. The fourth-order valence-electron chi connectivity index (χ4n) is 3.43. The summed E-state index contributed by atoms with van der Waals surface area (Å²) in [4.78, 5) is 16.0. The Hall–Kier alpha value is -4.24. The molecule has 0 spiro atoms. The molecule has 8 nitrogen and oxygen atoms in total. The normalized spacial score (nSPS) is 10.9. The molecule has 162 valence electrons. The van der Waals surface area contributed by atoms with Crippen LogP contribution in [0.15, 0.2) is 101 Å². The number of hydrogen-bond donors (Lipinski definition) is 0. The lowest BCUT2D eigenvalue weighted by Gasteiger charge is -2.12. The van der Waals surface area contributed by atoms with Gasteiger partial charge in [-0.2, -0.15) is 0 Å². The fourth-order valence-corrected chi connectivity index (χ4v) is 4.42. The summed E-state index contributed by atoms with van der Waals surface area (Å²) in [6.07, 6.45) is 1.55. The van der Waals surface area contributed by atoms with E-state index in [-0.39, 0.29) is 12.3 Å². The second-order valence-corrected chi connectivity index (χ2v) is 8.02. The Bertz CT molecular complexity index is 1420. The van der Waals surface area contributed by atoms with Crippen molar-refractivity contribution < 1.29 is 9.66 Å². The molecule has 0 fully saturated rings. The van der Waals surface area contributed by atoms with Crippen LogP contribution in [-0.4, -0.2) is 24.7 Å². The molecule has 0 saturated heterocycles. The average molecular weight is 455 g/mol. The third-order valence-corrected chi connectivity index (χ3v) is 5.95. The first-order chi connectivity index (χ1) is 16.2. The summed E-state index contributed by atoms with van der Waals surface area (Å²) < 4.78 is 7.84. The summed E-state index contributed by atoms with van der Waals surface area (Å²) in [7, 11) is 0. The number of pyridine rings is 1. The van der Waals surface area contributed by atoms with Crippen LogP contribution in [-0.2, 0) is 6.61 Å². The van der Waals surface area contributed by atoms with Crippen molar-refractivity contribution in [2.24, 2.45) is 0 Å². The number of hydrogen-bond acceptors (Lipinski definition) is 7. The van der Waals surface area contributed by atoms with E-state index in [1.165, 1.54) is 17.8 Å². The van der Waals surface area contributed by atoms with Crippen molar-refractivity contribution in [2.45, 2.75) is 16.7 Å². The predicted molar refractivity (Wildman–Crippen MR) is 125 cm³/mol. The van der Waals surface area contributed by atoms with Crippen LogP contribution >= 0.6 is 11.8 Å². The maximum Gasteiger partial charge on any atom is 0.295 e. The molecule has 3 aromatic carbocycles. The maximum atomic E-state index is 11.4. The van der Waals surface area contributed by atoms with E-state index in [4.69, 9.17) is 4.74 Å². The fraction of sp³-hybridized carbons (Fsp3) is 0.0417.